The van der Waals surface area contributed by atoms with E-state index in [0.29, 0.717) is 37.5 Å². The Morgan fingerprint density at radius 2 is 2.00 bits per heavy atom. The first-order valence-electron chi connectivity index (χ1n) is 9.86. The lowest BCUT2D eigenvalue weighted by molar-refractivity contribution is -0.134. The normalized spacial score (nSPS) is 10.9. The molecule has 7 nitrogen and oxygen atoms in total. The van der Waals surface area contributed by atoms with E-state index in [4.69, 9.17) is 4.52 Å². The lowest BCUT2D eigenvalue weighted by Crippen LogP contribution is -2.38. The van der Waals surface area contributed by atoms with E-state index in [2.05, 4.69) is 15.5 Å². The van der Waals surface area contributed by atoms with Crippen molar-refractivity contribution < 1.29 is 14.1 Å². The van der Waals surface area contributed by atoms with Crippen LogP contribution in [0.15, 0.2) is 28.8 Å². The Bertz CT molecular complexity index is 785. The summed E-state index contributed by atoms with van der Waals surface area (Å²) in [6.45, 7) is 8.54. The molecular formula is C21H30N4O3. The Morgan fingerprint density at radius 3 is 2.64 bits per heavy atom. The summed E-state index contributed by atoms with van der Waals surface area (Å²) in [4.78, 5) is 30.9. The van der Waals surface area contributed by atoms with Gasteiger partial charge in [-0.05, 0) is 31.4 Å². The summed E-state index contributed by atoms with van der Waals surface area (Å²) >= 11 is 0. The van der Waals surface area contributed by atoms with Crippen LogP contribution in [0.2, 0.25) is 0 Å². The molecule has 0 fully saturated rings. The Balaban J connectivity index is 1.84. The molecule has 1 heterocycles. The molecule has 1 aromatic carbocycles. The van der Waals surface area contributed by atoms with E-state index < -0.39 is 0 Å². The van der Waals surface area contributed by atoms with Gasteiger partial charge in [0.1, 0.15) is 0 Å². The highest BCUT2D eigenvalue weighted by Gasteiger charge is 2.17. The second-order valence-electron chi connectivity index (χ2n) is 7.23. The summed E-state index contributed by atoms with van der Waals surface area (Å²) in [6.07, 6.45) is 2.31. The highest BCUT2D eigenvalue weighted by atomic mass is 16.5. The van der Waals surface area contributed by atoms with Crippen molar-refractivity contribution in [2.24, 2.45) is 0 Å². The van der Waals surface area contributed by atoms with Crippen LogP contribution in [0.25, 0.3) is 0 Å². The van der Waals surface area contributed by atoms with E-state index in [1.807, 2.05) is 52.0 Å². The Hall–Kier alpha value is -2.70. The molecule has 152 valence electrons. The minimum atomic E-state index is -0.186. The van der Waals surface area contributed by atoms with Gasteiger partial charge >= 0.3 is 0 Å². The first-order valence-corrected chi connectivity index (χ1v) is 9.86. The van der Waals surface area contributed by atoms with Gasteiger partial charge in [0.15, 0.2) is 5.82 Å². The van der Waals surface area contributed by atoms with Gasteiger partial charge in [-0.1, -0.05) is 44.1 Å². The molecule has 0 unspecified atom stereocenters. The molecule has 0 saturated carbocycles. The monoisotopic (exact) mass is 386 g/mol. The fourth-order valence-electron chi connectivity index (χ4n) is 2.79. The molecule has 0 aliphatic rings. The number of aromatic nitrogens is 2. The van der Waals surface area contributed by atoms with Crippen molar-refractivity contribution in [1.29, 1.82) is 0 Å². The minimum Gasteiger partial charge on any atom is -0.339 e. The van der Waals surface area contributed by atoms with Gasteiger partial charge in [-0.3, -0.25) is 9.59 Å². The van der Waals surface area contributed by atoms with Gasteiger partial charge < -0.3 is 14.7 Å². The maximum Gasteiger partial charge on any atom is 0.244 e. The third-order valence-corrected chi connectivity index (χ3v) is 4.38. The maximum atomic E-state index is 12.6. The quantitative estimate of drug-likeness (QED) is 0.672. The molecule has 1 aromatic heterocycles. The highest BCUT2D eigenvalue weighted by molar-refractivity contribution is 5.95. The minimum absolute atomic E-state index is 0.0367. The number of anilines is 1. The van der Waals surface area contributed by atoms with Crippen LogP contribution in [-0.4, -0.2) is 39.9 Å². The number of para-hydroxylation sites is 1. The van der Waals surface area contributed by atoms with E-state index >= 15 is 0 Å². The molecule has 1 N–H and O–H groups in total. The molecule has 28 heavy (non-hydrogen) atoms. The fraction of sp³-hybridized carbons (Fsp3) is 0.524. The average molecular weight is 386 g/mol. The summed E-state index contributed by atoms with van der Waals surface area (Å²) in [5.74, 6) is 1.23. The van der Waals surface area contributed by atoms with Gasteiger partial charge in [0, 0.05) is 31.0 Å². The van der Waals surface area contributed by atoms with Gasteiger partial charge in [0.2, 0.25) is 17.7 Å². The third kappa shape index (κ3) is 6.48. The number of hydrogen-bond donors (Lipinski definition) is 1. The molecule has 2 rings (SSSR count). The third-order valence-electron chi connectivity index (χ3n) is 4.38. The van der Waals surface area contributed by atoms with Crippen LogP contribution in [0.3, 0.4) is 0 Å². The van der Waals surface area contributed by atoms with Gasteiger partial charge in [-0.15, -0.1) is 0 Å². The van der Waals surface area contributed by atoms with Gasteiger partial charge in [-0.2, -0.15) is 4.98 Å². The largest absolute Gasteiger partial charge is 0.339 e. The molecule has 7 heteroatoms. The van der Waals surface area contributed by atoms with Crippen molar-refractivity contribution in [1.82, 2.24) is 15.0 Å². The number of aryl methyl sites for hydroxylation is 2. The molecule has 0 radical (unpaired) electrons. The van der Waals surface area contributed by atoms with Crippen molar-refractivity contribution in [3.63, 3.8) is 0 Å². The first-order chi connectivity index (χ1) is 13.4. The summed E-state index contributed by atoms with van der Waals surface area (Å²) < 4.78 is 5.21. The summed E-state index contributed by atoms with van der Waals surface area (Å²) in [5.41, 5.74) is 1.76. The van der Waals surface area contributed by atoms with Crippen LogP contribution in [-0.2, 0) is 16.0 Å². The smallest absolute Gasteiger partial charge is 0.244 e. The standard InChI is InChI=1S/C21H30N4O3/c1-5-13-25(14-18(26)22-17-10-7-6-9-16(17)4)20(27)12-8-11-19-23-21(15(2)3)24-28-19/h6-7,9-10,15H,5,8,11-14H2,1-4H3,(H,22,26). The van der Waals surface area contributed by atoms with Crippen molar-refractivity contribution in [2.45, 2.75) is 59.3 Å². The molecule has 0 atom stereocenters. The predicted molar refractivity (Wildman–Crippen MR) is 108 cm³/mol. The van der Waals surface area contributed by atoms with Crippen molar-refractivity contribution in [3.8, 4) is 0 Å². The molecule has 0 spiro atoms. The Morgan fingerprint density at radius 1 is 1.25 bits per heavy atom. The van der Waals surface area contributed by atoms with E-state index in [1.54, 1.807) is 4.90 Å². The number of hydrogen-bond acceptors (Lipinski definition) is 5. The zero-order valence-electron chi connectivity index (χ0n) is 17.2. The van der Waals surface area contributed by atoms with Crippen LogP contribution in [0.1, 0.15) is 63.2 Å². The number of rotatable bonds is 10. The molecular weight excluding hydrogens is 356 g/mol. The number of nitrogens with one attached hydrogen (secondary N) is 1. The van der Waals surface area contributed by atoms with Crippen LogP contribution < -0.4 is 5.32 Å². The van der Waals surface area contributed by atoms with E-state index in [-0.39, 0.29) is 24.3 Å². The van der Waals surface area contributed by atoms with Crippen molar-refractivity contribution in [3.05, 3.63) is 41.5 Å². The maximum absolute atomic E-state index is 12.6. The van der Waals surface area contributed by atoms with Gasteiger partial charge in [0.05, 0.1) is 6.54 Å². The average Bonchev–Trinajstić information content (AvgIpc) is 3.12. The number of carbonyl (C=O) groups excluding carboxylic acids is 2. The number of benzene rings is 1. The summed E-state index contributed by atoms with van der Waals surface area (Å²) in [5, 5.41) is 6.81. The molecule has 0 bridgehead atoms. The van der Waals surface area contributed by atoms with Crippen LogP contribution in [0, 0.1) is 6.92 Å². The Kier molecular flexibility index (Phi) is 8.17. The van der Waals surface area contributed by atoms with Crippen LogP contribution in [0.4, 0.5) is 5.69 Å². The highest BCUT2D eigenvalue weighted by Crippen LogP contribution is 2.14. The molecule has 2 aromatic rings. The lowest BCUT2D eigenvalue weighted by Gasteiger charge is -2.22. The molecule has 2 amide bonds. The zero-order valence-corrected chi connectivity index (χ0v) is 17.2. The second kappa shape index (κ2) is 10.6. The second-order valence-corrected chi connectivity index (χ2v) is 7.23. The van der Waals surface area contributed by atoms with Crippen molar-refractivity contribution >= 4 is 17.5 Å². The predicted octanol–water partition coefficient (Wildman–Crippen LogP) is 3.70. The summed E-state index contributed by atoms with van der Waals surface area (Å²) in [6, 6.07) is 7.59. The topological polar surface area (TPSA) is 88.3 Å². The van der Waals surface area contributed by atoms with Crippen LogP contribution in [0.5, 0.6) is 0 Å². The SMILES string of the molecule is CCCN(CC(=O)Nc1ccccc1C)C(=O)CCCc1nc(C(C)C)no1. The number of carbonyl (C=O) groups is 2. The Labute approximate surface area is 166 Å². The zero-order chi connectivity index (χ0) is 20.5. The van der Waals surface area contributed by atoms with E-state index in [0.717, 1.165) is 17.7 Å². The molecule has 0 aliphatic carbocycles. The molecule has 0 aliphatic heterocycles. The lowest BCUT2D eigenvalue weighted by atomic mass is 10.2. The van der Waals surface area contributed by atoms with E-state index in [1.165, 1.54) is 0 Å². The fourth-order valence-corrected chi connectivity index (χ4v) is 2.79. The van der Waals surface area contributed by atoms with Gasteiger partial charge in [-0.25, -0.2) is 0 Å². The van der Waals surface area contributed by atoms with E-state index in [9.17, 15) is 9.59 Å². The van der Waals surface area contributed by atoms with Gasteiger partial charge in [0.25, 0.3) is 0 Å². The summed E-state index contributed by atoms with van der Waals surface area (Å²) in [7, 11) is 0. The van der Waals surface area contributed by atoms with Crippen LogP contribution >= 0.6 is 0 Å². The number of amides is 2. The molecule has 0 saturated heterocycles. The first kappa shape index (κ1) is 21.6. The van der Waals surface area contributed by atoms with Crippen molar-refractivity contribution in [2.75, 3.05) is 18.4 Å². The number of nitrogens with zero attached hydrogens (tertiary/aromatic N) is 3.